The fraction of sp³-hybridized carbons (Fsp3) is 0.448. The van der Waals surface area contributed by atoms with E-state index in [4.69, 9.17) is 18.6 Å². The van der Waals surface area contributed by atoms with Crippen molar-refractivity contribution in [2.75, 3.05) is 53.1 Å². The van der Waals surface area contributed by atoms with E-state index in [2.05, 4.69) is 18.7 Å². The van der Waals surface area contributed by atoms with Crippen molar-refractivity contribution in [1.82, 2.24) is 9.80 Å². The Bertz CT molecular complexity index is 1330. The lowest BCUT2D eigenvalue weighted by Gasteiger charge is -2.31. The van der Waals surface area contributed by atoms with Gasteiger partial charge in [0, 0.05) is 26.2 Å². The van der Waals surface area contributed by atoms with E-state index in [1.807, 2.05) is 18.2 Å². The Labute approximate surface area is 216 Å². The first-order valence-electron chi connectivity index (χ1n) is 13.0. The summed E-state index contributed by atoms with van der Waals surface area (Å²) in [5, 5.41) is 0.467. The van der Waals surface area contributed by atoms with E-state index in [1.54, 1.807) is 36.3 Å². The zero-order valence-electron chi connectivity index (χ0n) is 21.7. The van der Waals surface area contributed by atoms with Gasteiger partial charge in [-0.25, -0.2) is 0 Å². The van der Waals surface area contributed by atoms with Gasteiger partial charge in [-0.2, -0.15) is 0 Å². The Hall–Kier alpha value is -3.36. The Morgan fingerprint density at radius 1 is 1.03 bits per heavy atom. The number of para-hydroxylation sites is 1. The number of ether oxygens (including phenoxy) is 3. The summed E-state index contributed by atoms with van der Waals surface area (Å²) in [7, 11) is 1.60. The summed E-state index contributed by atoms with van der Waals surface area (Å²) in [5.74, 6) is 1.59. The van der Waals surface area contributed by atoms with Crippen molar-refractivity contribution in [2.45, 2.75) is 26.3 Å². The van der Waals surface area contributed by atoms with E-state index < -0.39 is 6.04 Å². The van der Waals surface area contributed by atoms with Crippen molar-refractivity contribution in [3.05, 3.63) is 69.6 Å². The molecule has 2 aliphatic heterocycles. The molecule has 1 saturated heterocycles. The maximum Gasteiger partial charge on any atom is 0.290 e. The molecule has 8 nitrogen and oxygen atoms in total. The minimum absolute atomic E-state index is 0.118. The quantitative estimate of drug-likeness (QED) is 0.432. The zero-order chi connectivity index (χ0) is 25.9. The molecule has 1 atom stereocenters. The summed E-state index contributed by atoms with van der Waals surface area (Å²) >= 11 is 0. The molecule has 1 amide bonds. The molecule has 3 heterocycles. The first-order chi connectivity index (χ1) is 18.0. The lowest BCUT2D eigenvalue weighted by Crippen LogP contribution is -2.42. The summed E-state index contributed by atoms with van der Waals surface area (Å²) in [6, 6.07) is 12.1. The highest BCUT2D eigenvalue weighted by molar-refractivity contribution is 5.99. The normalized spacial score (nSPS) is 18.0. The second-order valence-corrected chi connectivity index (χ2v) is 9.97. The van der Waals surface area contributed by atoms with Gasteiger partial charge in [-0.15, -0.1) is 0 Å². The molecule has 0 aliphatic carbocycles. The van der Waals surface area contributed by atoms with Gasteiger partial charge in [-0.05, 0) is 42.2 Å². The van der Waals surface area contributed by atoms with Crippen molar-refractivity contribution >= 4 is 16.9 Å². The van der Waals surface area contributed by atoms with E-state index >= 15 is 0 Å². The monoisotopic (exact) mass is 506 g/mol. The smallest absolute Gasteiger partial charge is 0.290 e. The third-order valence-electron chi connectivity index (χ3n) is 7.09. The summed E-state index contributed by atoms with van der Waals surface area (Å²) in [6.45, 7) is 9.02. The fourth-order valence-electron chi connectivity index (χ4n) is 5.00. The highest BCUT2D eigenvalue weighted by atomic mass is 16.5. The van der Waals surface area contributed by atoms with Crippen LogP contribution in [0, 0.1) is 5.92 Å². The predicted octanol–water partition coefficient (Wildman–Crippen LogP) is 4.10. The van der Waals surface area contributed by atoms with Crippen LogP contribution in [0.15, 0.2) is 51.7 Å². The van der Waals surface area contributed by atoms with Gasteiger partial charge in [0.25, 0.3) is 5.91 Å². The van der Waals surface area contributed by atoms with Gasteiger partial charge in [0.15, 0.2) is 16.9 Å². The lowest BCUT2D eigenvalue weighted by molar-refractivity contribution is 0.0314. The molecule has 1 unspecified atom stereocenters. The van der Waals surface area contributed by atoms with Crippen LogP contribution in [0.1, 0.15) is 48.0 Å². The van der Waals surface area contributed by atoms with Crippen molar-refractivity contribution in [2.24, 2.45) is 5.92 Å². The molecule has 0 saturated carbocycles. The zero-order valence-corrected chi connectivity index (χ0v) is 21.7. The Morgan fingerprint density at radius 2 is 1.81 bits per heavy atom. The van der Waals surface area contributed by atoms with Crippen LogP contribution >= 0.6 is 0 Å². The number of amides is 1. The molecule has 2 aliphatic rings. The van der Waals surface area contributed by atoms with Crippen molar-refractivity contribution < 1.29 is 23.4 Å². The van der Waals surface area contributed by atoms with Crippen LogP contribution in [0.2, 0.25) is 0 Å². The van der Waals surface area contributed by atoms with Crippen LogP contribution in [0.3, 0.4) is 0 Å². The Kier molecular flexibility index (Phi) is 7.48. The van der Waals surface area contributed by atoms with Crippen LogP contribution in [-0.2, 0) is 4.74 Å². The van der Waals surface area contributed by atoms with Gasteiger partial charge < -0.3 is 23.5 Å². The van der Waals surface area contributed by atoms with Crippen molar-refractivity contribution in [3.63, 3.8) is 0 Å². The molecule has 0 radical (unpaired) electrons. The minimum Gasteiger partial charge on any atom is -0.493 e. The Balaban J connectivity index is 1.54. The van der Waals surface area contributed by atoms with E-state index in [0.717, 1.165) is 25.1 Å². The third-order valence-corrected chi connectivity index (χ3v) is 7.09. The standard InChI is InChI=1S/C29H34N2O6/c1-19(2)10-15-36-23-9-8-20(18-24(23)34-3)26-25-27(32)21-6-4-5-7-22(21)37-28(25)29(33)31(26)12-11-30-13-16-35-17-14-30/h4-9,18-19,26H,10-17H2,1-3H3. The highest BCUT2D eigenvalue weighted by Gasteiger charge is 2.43. The molecule has 2 aromatic carbocycles. The number of carbonyl (C=O) groups is 1. The van der Waals surface area contributed by atoms with E-state index in [-0.39, 0.29) is 17.1 Å². The SMILES string of the molecule is COc1cc(C2c3c(oc4ccccc4c3=O)C(=O)N2CCN2CCOCC2)ccc1OCCC(C)C. The second-order valence-electron chi connectivity index (χ2n) is 9.97. The number of nitrogens with zero attached hydrogens (tertiary/aromatic N) is 2. The van der Waals surface area contributed by atoms with Gasteiger partial charge in [0.05, 0.1) is 43.9 Å². The molecule has 1 aromatic heterocycles. The first-order valence-corrected chi connectivity index (χ1v) is 13.0. The molecule has 0 bridgehead atoms. The van der Waals surface area contributed by atoms with E-state index in [0.29, 0.717) is 66.9 Å². The summed E-state index contributed by atoms with van der Waals surface area (Å²) in [5.41, 5.74) is 1.39. The number of hydrogen-bond donors (Lipinski definition) is 0. The molecule has 0 spiro atoms. The molecule has 0 N–H and O–H groups in total. The second kappa shape index (κ2) is 10.9. The fourth-order valence-corrected chi connectivity index (χ4v) is 5.00. The molecule has 8 heteroatoms. The number of carbonyl (C=O) groups excluding carboxylic acids is 1. The summed E-state index contributed by atoms with van der Waals surface area (Å²) in [6.07, 6.45) is 0.929. The van der Waals surface area contributed by atoms with Crippen LogP contribution < -0.4 is 14.9 Å². The topological polar surface area (TPSA) is 81.5 Å². The van der Waals surface area contributed by atoms with Crippen LogP contribution in [0.5, 0.6) is 11.5 Å². The van der Waals surface area contributed by atoms with Crippen molar-refractivity contribution in [1.29, 1.82) is 0 Å². The maximum atomic E-state index is 13.7. The number of fused-ring (bicyclic) bond motifs is 2. The highest BCUT2D eigenvalue weighted by Crippen LogP contribution is 2.41. The number of benzene rings is 2. The minimum atomic E-state index is -0.581. The number of hydrogen-bond acceptors (Lipinski definition) is 7. The van der Waals surface area contributed by atoms with Gasteiger partial charge in [-0.3, -0.25) is 14.5 Å². The average molecular weight is 507 g/mol. The molecular formula is C29H34N2O6. The van der Waals surface area contributed by atoms with Gasteiger partial charge in [0.1, 0.15) is 5.58 Å². The van der Waals surface area contributed by atoms with Gasteiger partial charge in [-0.1, -0.05) is 32.0 Å². The maximum absolute atomic E-state index is 13.7. The van der Waals surface area contributed by atoms with Crippen molar-refractivity contribution in [3.8, 4) is 11.5 Å². The molecule has 37 heavy (non-hydrogen) atoms. The third kappa shape index (κ3) is 5.08. The van der Waals surface area contributed by atoms with Gasteiger partial charge in [0.2, 0.25) is 5.76 Å². The predicted molar refractivity (Wildman–Crippen MR) is 141 cm³/mol. The molecule has 196 valence electrons. The van der Waals surface area contributed by atoms with Crippen LogP contribution in [0.4, 0.5) is 0 Å². The summed E-state index contributed by atoms with van der Waals surface area (Å²) < 4.78 is 23.1. The molecule has 1 fully saturated rings. The molecule has 5 rings (SSSR count). The first kappa shape index (κ1) is 25.3. The molecular weight excluding hydrogens is 472 g/mol. The number of methoxy groups -OCH3 is 1. The summed E-state index contributed by atoms with van der Waals surface area (Å²) in [4.78, 5) is 31.4. The van der Waals surface area contributed by atoms with Crippen LogP contribution in [-0.4, -0.2) is 68.8 Å². The number of rotatable bonds is 9. The Morgan fingerprint density at radius 3 is 2.57 bits per heavy atom. The lowest BCUT2D eigenvalue weighted by atomic mass is 9.98. The van der Waals surface area contributed by atoms with Crippen LogP contribution in [0.25, 0.3) is 11.0 Å². The van der Waals surface area contributed by atoms with Gasteiger partial charge >= 0.3 is 0 Å². The molecule has 3 aromatic rings. The average Bonchev–Trinajstić information content (AvgIpc) is 3.19. The largest absolute Gasteiger partial charge is 0.493 e. The number of morpholine rings is 1. The van der Waals surface area contributed by atoms with E-state index in [9.17, 15) is 9.59 Å². The van der Waals surface area contributed by atoms with E-state index in [1.165, 1.54) is 0 Å².